The maximum atomic E-state index is 6.15. The fourth-order valence-corrected chi connectivity index (χ4v) is 2.52. The summed E-state index contributed by atoms with van der Waals surface area (Å²) in [6.45, 7) is 3.04. The molecular weight excluding hydrogens is 293 g/mol. The lowest BCUT2D eigenvalue weighted by atomic mass is 10.1. The lowest BCUT2D eigenvalue weighted by molar-refractivity contribution is 0.301. The lowest BCUT2D eigenvalue weighted by Gasteiger charge is -2.14. The van der Waals surface area contributed by atoms with Crippen molar-refractivity contribution in [3.63, 3.8) is 0 Å². The summed E-state index contributed by atoms with van der Waals surface area (Å²) >= 11 is 12.0. The predicted octanol–water partition coefficient (Wildman–Crippen LogP) is 4.38. The van der Waals surface area contributed by atoms with E-state index in [0.717, 1.165) is 28.9 Å². The highest BCUT2D eigenvalue weighted by Crippen LogP contribution is 2.27. The van der Waals surface area contributed by atoms with Gasteiger partial charge >= 0.3 is 0 Å². The number of hydrogen-bond acceptors (Lipinski definition) is 2. The summed E-state index contributed by atoms with van der Waals surface area (Å²) in [5.74, 6) is 0.893. The fraction of sp³-hybridized carbons (Fsp3) is 0.250. The molecule has 2 N–H and O–H groups in total. The van der Waals surface area contributed by atoms with E-state index in [9.17, 15) is 0 Å². The highest BCUT2D eigenvalue weighted by atomic mass is 35.5. The predicted molar refractivity (Wildman–Crippen MR) is 84.7 cm³/mol. The van der Waals surface area contributed by atoms with Gasteiger partial charge in [0.15, 0.2) is 0 Å². The largest absolute Gasteiger partial charge is 0.488 e. The van der Waals surface area contributed by atoms with E-state index in [0.29, 0.717) is 23.2 Å². The first-order valence-corrected chi connectivity index (χ1v) is 7.22. The Bertz CT molecular complexity index is 599. The third-order valence-corrected chi connectivity index (χ3v) is 3.68. The van der Waals surface area contributed by atoms with Crippen molar-refractivity contribution in [1.82, 2.24) is 0 Å². The van der Waals surface area contributed by atoms with Crippen LogP contribution >= 0.6 is 23.2 Å². The average Bonchev–Trinajstić information content (AvgIpc) is 2.40. The maximum absolute atomic E-state index is 6.15. The Hall–Kier alpha value is -1.22. The molecule has 0 radical (unpaired) electrons. The van der Waals surface area contributed by atoms with Gasteiger partial charge in [-0.05, 0) is 43.1 Å². The molecule has 2 aromatic carbocycles. The Morgan fingerprint density at radius 2 is 1.90 bits per heavy atom. The van der Waals surface area contributed by atoms with Crippen LogP contribution in [-0.4, -0.2) is 6.54 Å². The molecule has 0 bridgehead atoms. The normalized spacial score (nSPS) is 10.6. The second kappa shape index (κ2) is 6.98. The van der Waals surface area contributed by atoms with Gasteiger partial charge in [-0.3, -0.25) is 0 Å². The number of halogens is 2. The molecule has 20 heavy (non-hydrogen) atoms. The molecule has 2 nitrogen and oxygen atoms in total. The molecule has 0 aliphatic heterocycles. The van der Waals surface area contributed by atoms with Gasteiger partial charge in [0, 0.05) is 15.6 Å². The van der Waals surface area contributed by atoms with Crippen LogP contribution in [0.3, 0.4) is 0 Å². The zero-order valence-electron chi connectivity index (χ0n) is 11.3. The van der Waals surface area contributed by atoms with Crippen molar-refractivity contribution in [3.8, 4) is 5.75 Å². The Balaban J connectivity index is 2.18. The lowest BCUT2D eigenvalue weighted by Crippen LogP contribution is -2.06. The van der Waals surface area contributed by atoms with E-state index in [4.69, 9.17) is 33.7 Å². The number of ether oxygens (including phenoxy) is 1. The fourth-order valence-electron chi connectivity index (χ4n) is 2.06. The van der Waals surface area contributed by atoms with Gasteiger partial charge in [0.1, 0.15) is 12.4 Å². The van der Waals surface area contributed by atoms with Crippen molar-refractivity contribution in [1.29, 1.82) is 0 Å². The van der Waals surface area contributed by atoms with Gasteiger partial charge in [0.05, 0.1) is 0 Å². The van der Waals surface area contributed by atoms with E-state index < -0.39 is 0 Å². The minimum atomic E-state index is 0.415. The zero-order valence-corrected chi connectivity index (χ0v) is 12.8. The minimum absolute atomic E-state index is 0.415. The van der Waals surface area contributed by atoms with Gasteiger partial charge in [0.25, 0.3) is 0 Å². The van der Waals surface area contributed by atoms with Crippen LogP contribution in [0.15, 0.2) is 36.4 Å². The van der Waals surface area contributed by atoms with Crippen molar-refractivity contribution >= 4 is 23.2 Å². The van der Waals surface area contributed by atoms with E-state index >= 15 is 0 Å². The maximum Gasteiger partial charge on any atom is 0.125 e. The van der Waals surface area contributed by atoms with E-state index in [1.54, 1.807) is 6.07 Å². The van der Waals surface area contributed by atoms with Crippen LogP contribution < -0.4 is 10.5 Å². The molecule has 0 fully saturated rings. The van der Waals surface area contributed by atoms with Crippen LogP contribution in [0.5, 0.6) is 5.75 Å². The quantitative estimate of drug-likeness (QED) is 0.889. The topological polar surface area (TPSA) is 35.2 Å². The summed E-state index contributed by atoms with van der Waals surface area (Å²) < 4.78 is 5.94. The Morgan fingerprint density at radius 1 is 1.10 bits per heavy atom. The molecule has 2 aromatic rings. The van der Waals surface area contributed by atoms with Gasteiger partial charge in [-0.15, -0.1) is 0 Å². The molecule has 0 heterocycles. The van der Waals surface area contributed by atoms with Crippen LogP contribution in [0, 0.1) is 6.92 Å². The molecule has 4 heteroatoms. The van der Waals surface area contributed by atoms with Crippen LogP contribution in [-0.2, 0) is 13.0 Å². The second-order valence-corrected chi connectivity index (χ2v) is 5.47. The molecule has 0 spiro atoms. The summed E-state index contributed by atoms with van der Waals surface area (Å²) in [4.78, 5) is 0. The molecule has 106 valence electrons. The molecule has 0 aliphatic carbocycles. The van der Waals surface area contributed by atoms with Gasteiger partial charge in [0.2, 0.25) is 0 Å². The van der Waals surface area contributed by atoms with E-state index in [1.807, 2.05) is 37.3 Å². The molecule has 2 rings (SSSR count). The SMILES string of the molecule is Cc1cccc(CCN)c1OCc1ccc(Cl)cc1Cl. The molecule has 0 aliphatic rings. The van der Waals surface area contributed by atoms with Gasteiger partial charge < -0.3 is 10.5 Å². The van der Waals surface area contributed by atoms with Crippen LogP contribution in [0.25, 0.3) is 0 Å². The second-order valence-electron chi connectivity index (χ2n) is 4.63. The van der Waals surface area contributed by atoms with Crippen molar-refractivity contribution < 1.29 is 4.74 Å². The molecular formula is C16H17Cl2NO. The number of benzene rings is 2. The van der Waals surface area contributed by atoms with Gasteiger partial charge in [-0.1, -0.05) is 47.5 Å². The molecule has 0 amide bonds. The van der Waals surface area contributed by atoms with E-state index in [-0.39, 0.29) is 0 Å². The number of hydrogen-bond donors (Lipinski definition) is 1. The third-order valence-electron chi connectivity index (χ3n) is 3.09. The summed E-state index contributed by atoms with van der Waals surface area (Å²) in [7, 11) is 0. The first-order valence-electron chi connectivity index (χ1n) is 6.47. The van der Waals surface area contributed by atoms with Crippen LogP contribution in [0.2, 0.25) is 10.0 Å². The van der Waals surface area contributed by atoms with Crippen molar-refractivity contribution in [3.05, 3.63) is 63.1 Å². The zero-order chi connectivity index (χ0) is 14.5. The van der Waals surface area contributed by atoms with Crippen molar-refractivity contribution in [2.45, 2.75) is 20.0 Å². The van der Waals surface area contributed by atoms with Crippen molar-refractivity contribution in [2.24, 2.45) is 5.73 Å². The third kappa shape index (κ3) is 3.66. The summed E-state index contributed by atoms with van der Waals surface area (Å²) in [5, 5.41) is 1.24. The number of nitrogens with two attached hydrogens (primary N) is 1. The summed E-state index contributed by atoms with van der Waals surface area (Å²) in [6.07, 6.45) is 0.797. The van der Waals surface area contributed by atoms with Crippen LogP contribution in [0.4, 0.5) is 0 Å². The first-order chi connectivity index (χ1) is 9.61. The van der Waals surface area contributed by atoms with E-state index in [2.05, 4.69) is 0 Å². The molecule has 0 aromatic heterocycles. The molecule has 0 atom stereocenters. The number of rotatable bonds is 5. The Morgan fingerprint density at radius 3 is 2.60 bits per heavy atom. The highest BCUT2D eigenvalue weighted by Gasteiger charge is 2.08. The number of aryl methyl sites for hydroxylation is 1. The van der Waals surface area contributed by atoms with E-state index in [1.165, 1.54) is 0 Å². The Kier molecular flexibility index (Phi) is 5.30. The molecule has 0 saturated heterocycles. The highest BCUT2D eigenvalue weighted by molar-refractivity contribution is 6.35. The van der Waals surface area contributed by atoms with Gasteiger partial charge in [-0.2, -0.15) is 0 Å². The minimum Gasteiger partial charge on any atom is -0.488 e. The standard InChI is InChI=1S/C16H17Cl2NO/c1-11-3-2-4-12(7-8-19)16(11)20-10-13-5-6-14(17)9-15(13)18/h2-6,9H,7-8,10,19H2,1H3. The van der Waals surface area contributed by atoms with Gasteiger partial charge in [-0.25, -0.2) is 0 Å². The average molecular weight is 310 g/mol. The van der Waals surface area contributed by atoms with Crippen LogP contribution in [0.1, 0.15) is 16.7 Å². The monoisotopic (exact) mass is 309 g/mol. The Labute approximate surface area is 129 Å². The first kappa shape index (κ1) is 15.2. The summed E-state index contributed by atoms with van der Waals surface area (Å²) in [5.41, 5.74) is 8.77. The molecule has 0 unspecified atom stereocenters. The van der Waals surface area contributed by atoms with Crippen molar-refractivity contribution in [2.75, 3.05) is 6.54 Å². The smallest absolute Gasteiger partial charge is 0.125 e. The summed E-state index contributed by atoms with van der Waals surface area (Å²) in [6, 6.07) is 11.5. The number of para-hydroxylation sites is 1. The molecule has 0 saturated carbocycles.